The maximum atomic E-state index is 6.17. The zero-order valence-electron chi connectivity index (χ0n) is 16.0. The van der Waals surface area contributed by atoms with Gasteiger partial charge in [0.05, 0.1) is 22.5 Å². The second kappa shape index (κ2) is 6.63. The summed E-state index contributed by atoms with van der Waals surface area (Å²) < 4.78 is 7.24. The van der Waals surface area contributed by atoms with Gasteiger partial charge in [-0.1, -0.05) is 0 Å². The summed E-state index contributed by atoms with van der Waals surface area (Å²) in [6, 6.07) is 3.88. The first-order chi connectivity index (χ1) is 13.6. The SMILES string of the molecule is Cc1cc(O[C@H]2CCN(c3ncnc4c3sc3nnc(C)c(C)c34)C2)ccn1. The highest BCUT2D eigenvalue weighted by molar-refractivity contribution is 7.26. The third-order valence-corrected chi connectivity index (χ3v) is 6.32. The lowest BCUT2D eigenvalue weighted by Gasteiger charge is -2.18. The molecule has 0 saturated carbocycles. The molecule has 1 aliphatic rings. The Bertz CT molecular complexity index is 1190. The van der Waals surface area contributed by atoms with Crippen LogP contribution in [0.3, 0.4) is 0 Å². The van der Waals surface area contributed by atoms with E-state index in [0.29, 0.717) is 0 Å². The van der Waals surface area contributed by atoms with Crippen LogP contribution in [0.2, 0.25) is 0 Å². The van der Waals surface area contributed by atoms with Gasteiger partial charge in [-0.2, -0.15) is 5.10 Å². The largest absolute Gasteiger partial charge is 0.488 e. The van der Waals surface area contributed by atoms with Gasteiger partial charge in [-0.3, -0.25) is 4.98 Å². The van der Waals surface area contributed by atoms with Crippen LogP contribution in [0.4, 0.5) is 5.82 Å². The van der Waals surface area contributed by atoms with E-state index in [1.807, 2.05) is 26.0 Å². The molecule has 0 aliphatic carbocycles. The van der Waals surface area contributed by atoms with Crippen LogP contribution in [0, 0.1) is 20.8 Å². The van der Waals surface area contributed by atoms with Crippen molar-refractivity contribution >= 4 is 37.6 Å². The van der Waals surface area contributed by atoms with Gasteiger partial charge in [0.15, 0.2) is 0 Å². The van der Waals surface area contributed by atoms with Gasteiger partial charge in [0, 0.05) is 36.3 Å². The van der Waals surface area contributed by atoms with Crippen molar-refractivity contribution in [1.29, 1.82) is 0 Å². The van der Waals surface area contributed by atoms with E-state index in [-0.39, 0.29) is 6.10 Å². The number of rotatable bonds is 3. The van der Waals surface area contributed by atoms with Crippen molar-refractivity contribution in [3.63, 3.8) is 0 Å². The number of ether oxygens (including phenoxy) is 1. The summed E-state index contributed by atoms with van der Waals surface area (Å²) in [5, 5.41) is 9.74. The van der Waals surface area contributed by atoms with Gasteiger partial charge in [-0.15, -0.1) is 16.4 Å². The molecule has 0 aromatic carbocycles. The predicted molar refractivity (Wildman–Crippen MR) is 110 cm³/mol. The van der Waals surface area contributed by atoms with Gasteiger partial charge in [0.25, 0.3) is 0 Å². The first-order valence-corrected chi connectivity index (χ1v) is 10.1. The van der Waals surface area contributed by atoms with E-state index in [1.165, 1.54) is 0 Å². The van der Waals surface area contributed by atoms with Crippen LogP contribution in [-0.4, -0.2) is 44.3 Å². The zero-order valence-corrected chi connectivity index (χ0v) is 16.8. The minimum absolute atomic E-state index is 0.130. The number of hydrogen-bond acceptors (Lipinski definition) is 8. The first kappa shape index (κ1) is 17.2. The van der Waals surface area contributed by atoms with Gasteiger partial charge in [-0.25, -0.2) is 9.97 Å². The topological polar surface area (TPSA) is 76.9 Å². The van der Waals surface area contributed by atoms with Gasteiger partial charge in [0.2, 0.25) is 0 Å². The van der Waals surface area contributed by atoms with Crippen LogP contribution in [0.1, 0.15) is 23.4 Å². The van der Waals surface area contributed by atoms with E-state index < -0.39 is 0 Å². The van der Waals surface area contributed by atoms with E-state index >= 15 is 0 Å². The Kier molecular flexibility index (Phi) is 4.08. The third kappa shape index (κ3) is 2.84. The number of aromatic nitrogens is 5. The molecule has 1 aliphatic heterocycles. The van der Waals surface area contributed by atoms with Crippen molar-refractivity contribution in [1.82, 2.24) is 25.1 Å². The van der Waals surface area contributed by atoms with E-state index in [0.717, 1.165) is 68.5 Å². The van der Waals surface area contributed by atoms with Crippen molar-refractivity contribution in [2.75, 3.05) is 18.0 Å². The van der Waals surface area contributed by atoms with Crippen LogP contribution < -0.4 is 9.64 Å². The molecule has 1 atom stereocenters. The number of aryl methyl sites for hydroxylation is 3. The minimum atomic E-state index is 0.130. The number of hydrogen-bond donors (Lipinski definition) is 0. The molecular weight excluding hydrogens is 372 g/mol. The molecule has 142 valence electrons. The van der Waals surface area contributed by atoms with Crippen molar-refractivity contribution in [3.05, 3.63) is 41.6 Å². The lowest BCUT2D eigenvalue weighted by atomic mass is 10.1. The molecule has 0 N–H and O–H groups in total. The molecular formula is C20H20N6OS. The van der Waals surface area contributed by atoms with Crippen LogP contribution in [-0.2, 0) is 0 Å². The molecule has 7 nitrogen and oxygen atoms in total. The summed E-state index contributed by atoms with van der Waals surface area (Å²) in [6.07, 6.45) is 4.52. The lowest BCUT2D eigenvalue weighted by molar-refractivity contribution is 0.224. The first-order valence-electron chi connectivity index (χ1n) is 9.31. The van der Waals surface area contributed by atoms with Crippen molar-refractivity contribution in [2.45, 2.75) is 33.3 Å². The van der Waals surface area contributed by atoms with Gasteiger partial charge < -0.3 is 9.64 Å². The average molecular weight is 392 g/mol. The summed E-state index contributed by atoms with van der Waals surface area (Å²) in [7, 11) is 0. The minimum Gasteiger partial charge on any atom is -0.488 e. The highest BCUT2D eigenvalue weighted by Gasteiger charge is 2.28. The molecule has 0 radical (unpaired) electrons. The fraction of sp³-hybridized carbons (Fsp3) is 0.350. The fourth-order valence-electron chi connectivity index (χ4n) is 3.70. The lowest BCUT2D eigenvalue weighted by Crippen LogP contribution is -2.25. The zero-order chi connectivity index (χ0) is 19.3. The molecule has 8 heteroatoms. The molecule has 1 saturated heterocycles. The summed E-state index contributed by atoms with van der Waals surface area (Å²) in [5.41, 5.74) is 4.00. The molecule has 28 heavy (non-hydrogen) atoms. The Balaban J connectivity index is 1.47. The number of pyridine rings is 1. The van der Waals surface area contributed by atoms with Gasteiger partial charge in [0.1, 0.15) is 28.8 Å². The normalized spacial score (nSPS) is 17.0. The van der Waals surface area contributed by atoms with E-state index in [1.54, 1.807) is 23.9 Å². The molecule has 5 heterocycles. The van der Waals surface area contributed by atoms with Crippen molar-refractivity contribution < 1.29 is 4.74 Å². The summed E-state index contributed by atoms with van der Waals surface area (Å²) in [4.78, 5) is 16.6. The number of nitrogens with zero attached hydrogens (tertiary/aromatic N) is 6. The van der Waals surface area contributed by atoms with E-state index in [2.05, 4.69) is 37.0 Å². The Labute approximate surface area is 166 Å². The standard InChI is InChI=1S/C20H20N6OS/c1-11-8-14(4-6-21-11)27-15-5-7-26(9-15)19-18-17(22-10-23-19)16-12(2)13(3)24-25-20(16)28-18/h4,6,8,10,15H,5,7,9H2,1-3H3/t15-/m0/s1. The quantitative estimate of drug-likeness (QED) is 0.527. The molecule has 0 amide bonds. The van der Waals surface area contributed by atoms with Crippen molar-refractivity contribution in [2.24, 2.45) is 0 Å². The molecule has 0 spiro atoms. The Morgan fingerprint density at radius 1 is 1.14 bits per heavy atom. The van der Waals surface area contributed by atoms with Crippen molar-refractivity contribution in [3.8, 4) is 5.75 Å². The molecule has 0 unspecified atom stereocenters. The third-order valence-electron chi connectivity index (χ3n) is 5.26. The number of anilines is 1. The summed E-state index contributed by atoms with van der Waals surface area (Å²) in [6.45, 7) is 7.73. The maximum Gasteiger partial charge on any atom is 0.150 e. The summed E-state index contributed by atoms with van der Waals surface area (Å²) >= 11 is 1.62. The highest BCUT2D eigenvalue weighted by atomic mass is 32.1. The Hall–Kier alpha value is -2.87. The van der Waals surface area contributed by atoms with E-state index in [4.69, 9.17) is 4.74 Å². The Morgan fingerprint density at radius 2 is 2.04 bits per heavy atom. The van der Waals surface area contributed by atoms with Crippen LogP contribution in [0.25, 0.3) is 20.4 Å². The fourth-order valence-corrected chi connectivity index (χ4v) is 4.85. The molecule has 4 aromatic heterocycles. The number of fused-ring (bicyclic) bond motifs is 3. The average Bonchev–Trinajstić information content (AvgIpc) is 3.29. The molecule has 4 aromatic rings. The van der Waals surface area contributed by atoms with Gasteiger partial charge >= 0.3 is 0 Å². The van der Waals surface area contributed by atoms with Crippen LogP contribution in [0.15, 0.2) is 24.7 Å². The maximum absolute atomic E-state index is 6.17. The number of thiophene rings is 1. The van der Waals surface area contributed by atoms with Crippen LogP contribution in [0.5, 0.6) is 5.75 Å². The van der Waals surface area contributed by atoms with E-state index in [9.17, 15) is 0 Å². The van der Waals surface area contributed by atoms with Crippen LogP contribution >= 0.6 is 11.3 Å². The Morgan fingerprint density at radius 3 is 2.89 bits per heavy atom. The molecule has 5 rings (SSSR count). The van der Waals surface area contributed by atoms with Gasteiger partial charge in [-0.05, 0) is 32.4 Å². The summed E-state index contributed by atoms with van der Waals surface area (Å²) in [5.74, 6) is 1.83. The smallest absolute Gasteiger partial charge is 0.150 e. The monoisotopic (exact) mass is 392 g/mol. The second-order valence-electron chi connectivity index (χ2n) is 7.18. The second-order valence-corrected chi connectivity index (χ2v) is 8.17. The molecule has 1 fully saturated rings. The predicted octanol–water partition coefficient (Wildman–Crippen LogP) is 3.61. The highest BCUT2D eigenvalue weighted by Crippen LogP contribution is 2.38. The molecule has 0 bridgehead atoms.